The lowest BCUT2D eigenvalue weighted by Gasteiger charge is -2.25. The molecule has 7 nitrogen and oxygen atoms in total. The molecule has 0 spiro atoms. The summed E-state index contributed by atoms with van der Waals surface area (Å²) in [6.07, 6.45) is 0.542. The number of hydrogen-bond acceptors (Lipinski definition) is 6. The lowest BCUT2D eigenvalue weighted by atomic mass is 9.95. The topological polar surface area (TPSA) is 96.3 Å². The maximum absolute atomic E-state index is 12.8. The van der Waals surface area contributed by atoms with Gasteiger partial charge >= 0.3 is 0 Å². The highest BCUT2D eigenvalue weighted by atomic mass is 16.5. The fourth-order valence-corrected chi connectivity index (χ4v) is 3.40. The van der Waals surface area contributed by atoms with E-state index in [1.165, 1.54) is 24.1 Å². The predicted octanol–water partition coefficient (Wildman–Crippen LogP) is 2.86. The first-order valence-electron chi connectivity index (χ1n) is 9.18. The number of phenolic OH excluding ortho intramolecular Hbond substituents is 1. The van der Waals surface area contributed by atoms with Crippen molar-refractivity contribution >= 4 is 17.4 Å². The van der Waals surface area contributed by atoms with Gasteiger partial charge in [0, 0.05) is 25.8 Å². The number of carbonyl (C=O) groups excluding carboxylic acids is 2. The van der Waals surface area contributed by atoms with Gasteiger partial charge in [0.15, 0.2) is 0 Å². The molecule has 1 heterocycles. The number of ketones is 1. The number of aromatic hydroxyl groups is 1. The third-order valence-electron chi connectivity index (χ3n) is 4.86. The van der Waals surface area contributed by atoms with E-state index in [1.807, 2.05) is 0 Å². The molecule has 152 valence electrons. The summed E-state index contributed by atoms with van der Waals surface area (Å²) in [7, 11) is 3.10. The maximum Gasteiger partial charge on any atom is 0.295 e. The Morgan fingerprint density at radius 3 is 2.28 bits per heavy atom. The summed E-state index contributed by atoms with van der Waals surface area (Å²) in [6, 6.07) is 12.1. The summed E-state index contributed by atoms with van der Waals surface area (Å²) in [5.74, 6) is -0.988. The van der Waals surface area contributed by atoms with Gasteiger partial charge in [-0.1, -0.05) is 12.1 Å². The molecule has 7 heteroatoms. The van der Waals surface area contributed by atoms with Crippen LogP contribution in [0.2, 0.25) is 0 Å². The molecule has 0 aliphatic carbocycles. The molecule has 2 aromatic carbocycles. The van der Waals surface area contributed by atoms with Crippen LogP contribution in [0.1, 0.15) is 23.6 Å². The van der Waals surface area contributed by atoms with Crippen LogP contribution in [0.3, 0.4) is 0 Å². The Labute approximate surface area is 168 Å². The van der Waals surface area contributed by atoms with E-state index in [4.69, 9.17) is 9.47 Å². The number of phenols is 1. The summed E-state index contributed by atoms with van der Waals surface area (Å²) < 4.78 is 10.2. The summed E-state index contributed by atoms with van der Waals surface area (Å²) in [6.45, 7) is 0.729. The van der Waals surface area contributed by atoms with E-state index in [2.05, 4.69) is 0 Å². The average Bonchev–Trinajstić information content (AvgIpc) is 2.99. The zero-order valence-electron chi connectivity index (χ0n) is 16.3. The Morgan fingerprint density at radius 2 is 1.69 bits per heavy atom. The molecular weight excluding hydrogens is 374 g/mol. The molecular formula is C22H23NO6. The van der Waals surface area contributed by atoms with Crippen LogP contribution in [0.5, 0.6) is 11.5 Å². The Kier molecular flexibility index (Phi) is 6.19. The molecule has 0 unspecified atom stereocenters. The van der Waals surface area contributed by atoms with Gasteiger partial charge < -0.3 is 24.6 Å². The number of benzene rings is 2. The van der Waals surface area contributed by atoms with E-state index in [0.717, 1.165) is 0 Å². The van der Waals surface area contributed by atoms with Gasteiger partial charge in [-0.15, -0.1) is 0 Å². The van der Waals surface area contributed by atoms with Crippen LogP contribution in [-0.2, 0) is 14.3 Å². The largest absolute Gasteiger partial charge is 0.508 e. The fourth-order valence-electron chi connectivity index (χ4n) is 3.40. The van der Waals surface area contributed by atoms with Gasteiger partial charge in [-0.2, -0.15) is 0 Å². The molecule has 3 rings (SSSR count). The third-order valence-corrected chi connectivity index (χ3v) is 4.86. The number of ether oxygens (including phenoxy) is 2. The second-order valence-electron chi connectivity index (χ2n) is 6.66. The van der Waals surface area contributed by atoms with Crippen molar-refractivity contribution in [2.75, 3.05) is 27.4 Å². The van der Waals surface area contributed by atoms with Gasteiger partial charge in [0.2, 0.25) is 0 Å². The van der Waals surface area contributed by atoms with Gasteiger partial charge in [-0.25, -0.2) is 0 Å². The number of methoxy groups -OCH3 is 2. The van der Waals surface area contributed by atoms with E-state index in [9.17, 15) is 19.8 Å². The monoisotopic (exact) mass is 397 g/mol. The van der Waals surface area contributed by atoms with Crippen molar-refractivity contribution in [2.45, 2.75) is 12.5 Å². The molecule has 1 saturated heterocycles. The first-order valence-corrected chi connectivity index (χ1v) is 9.18. The molecule has 0 radical (unpaired) electrons. The number of carbonyl (C=O) groups is 2. The van der Waals surface area contributed by atoms with Crippen molar-refractivity contribution < 1.29 is 29.3 Å². The molecule has 0 saturated carbocycles. The van der Waals surface area contributed by atoms with E-state index in [1.54, 1.807) is 43.5 Å². The number of aliphatic hydroxyl groups excluding tert-OH is 1. The van der Waals surface area contributed by atoms with Crippen molar-refractivity contribution in [1.82, 2.24) is 4.90 Å². The van der Waals surface area contributed by atoms with E-state index >= 15 is 0 Å². The van der Waals surface area contributed by atoms with Crippen LogP contribution in [0.15, 0.2) is 54.1 Å². The first-order chi connectivity index (χ1) is 14.0. The minimum absolute atomic E-state index is 0.0169. The highest BCUT2D eigenvalue weighted by Crippen LogP contribution is 2.39. The van der Waals surface area contributed by atoms with Gasteiger partial charge in [0.1, 0.15) is 17.3 Å². The SMILES string of the molecule is COCCCN1C(=O)C(=O)C(=C(O)c2ccc(OC)cc2)[C@@H]1c1ccc(O)cc1. The second kappa shape index (κ2) is 8.79. The first kappa shape index (κ1) is 20.4. The molecule has 2 aromatic rings. The molecule has 1 atom stereocenters. The maximum atomic E-state index is 12.8. The third kappa shape index (κ3) is 4.09. The predicted molar refractivity (Wildman–Crippen MR) is 107 cm³/mol. The Balaban J connectivity index is 2.09. The number of rotatable bonds is 7. The fraction of sp³-hybridized carbons (Fsp3) is 0.273. The molecule has 1 amide bonds. The molecule has 0 bridgehead atoms. The molecule has 2 N–H and O–H groups in total. The van der Waals surface area contributed by atoms with Crippen LogP contribution in [0.4, 0.5) is 0 Å². The van der Waals surface area contributed by atoms with Gasteiger partial charge in [-0.3, -0.25) is 9.59 Å². The minimum Gasteiger partial charge on any atom is -0.508 e. The van der Waals surface area contributed by atoms with Crippen LogP contribution < -0.4 is 4.74 Å². The lowest BCUT2D eigenvalue weighted by Crippen LogP contribution is -2.31. The second-order valence-corrected chi connectivity index (χ2v) is 6.66. The van der Waals surface area contributed by atoms with Crippen molar-refractivity contribution in [3.05, 3.63) is 65.2 Å². The number of hydrogen-bond donors (Lipinski definition) is 2. The van der Waals surface area contributed by atoms with E-state index in [0.29, 0.717) is 36.4 Å². The van der Waals surface area contributed by atoms with E-state index in [-0.39, 0.29) is 17.1 Å². The zero-order chi connectivity index (χ0) is 21.0. The Bertz CT molecular complexity index is 917. The normalized spacial score (nSPS) is 18.3. The summed E-state index contributed by atoms with van der Waals surface area (Å²) in [5.41, 5.74) is 1.04. The van der Waals surface area contributed by atoms with Crippen molar-refractivity contribution in [3.8, 4) is 11.5 Å². The number of nitrogens with zero attached hydrogens (tertiary/aromatic N) is 1. The Morgan fingerprint density at radius 1 is 1.03 bits per heavy atom. The van der Waals surface area contributed by atoms with Gasteiger partial charge in [-0.05, 0) is 48.4 Å². The van der Waals surface area contributed by atoms with Crippen molar-refractivity contribution in [3.63, 3.8) is 0 Å². The molecule has 1 aliphatic heterocycles. The standard InChI is InChI=1S/C22H23NO6/c1-28-13-3-12-23-19(14-4-8-16(24)9-5-14)18(21(26)22(23)27)20(25)15-6-10-17(29-2)11-7-15/h4-11,19,24-25H,3,12-13H2,1-2H3/t19-/m0/s1. The summed E-state index contributed by atoms with van der Waals surface area (Å²) in [4.78, 5) is 27.0. The lowest BCUT2D eigenvalue weighted by molar-refractivity contribution is -0.140. The van der Waals surface area contributed by atoms with Crippen LogP contribution in [-0.4, -0.2) is 54.2 Å². The zero-order valence-corrected chi connectivity index (χ0v) is 16.3. The van der Waals surface area contributed by atoms with Crippen LogP contribution in [0.25, 0.3) is 5.76 Å². The number of aliphatic hydroxyl groups is 1. The molecule has 29 heavy (non-hydrogen) atoms. The van der Waals surface area contributed by atoms with Gasteiger partial charge in [0.05, 0.1) is 18.7 Å². The summed E-state index contributed by atoms with van der Waals surface area (Å²) in [5, 5.41) is 20.5. The Hall–Kier alpha value is -3.32. The highest BCUT2D eigenvalue weighted by Gasteiger charge is 2.45. The quantitative estimate of drug-likeness (QED) is 0.323. The van der Waals surface area contributed by atoms with Crippen molar-refractivity contribution in [2.24, 2.45) is 0 Å². The number of Topliss-reactive ketones (excluding diaryl/α,β-unsaturated/α-hetero) is 1. The van der Waals surface area contributed by atoms with E-state index < -0.39 is 17.7 Å². The molecule has 0 aromatic heterocycles. The smallest absolute Gasteiger partial charge is 0.295 e. The highest BCUT2D eigenvalue weighted by molar-refractivity contribution is 6.46. The average molecular weight is 397 g/mol. The number of likely N-dealkylation sites (tertiary alicyclic amines) is 1. The van der Waals surface area contributed by atoms with Crippen LogP contribution in [0, 0.1) is 0 Å². The minimum atomic E-state index is -0.755. The van der Waals surface area contributed by atoms with Gasteiger partial charge in [0.25, 0.3) is 11.7 Å². The van der Waals surface area contributed by atoms with Crippen LogP contribution >= 0.6 is 0 Å². The summed E-state index contributed by atoms with van der Waals surface area (Å²) >= 11 is 0. The molecule has 1 aliphatic rings. The molecule has 1 fully saturated rings. The van der Waals surface area contributed by atoms with Crippen molar-refractivity contribution in [1.29, 1.82) is 0 Å². The number of amides is 1.